The molecule has 0 saturated carbocycles. The summed E-state index contributed by atoms with van der Waals surface area (Å²) in [6, 6.07) is 25.9. The maximum absolute atomic E-state index is 13.4. The maximum atomic E-state index is 13.4. The highest BCUT2D eigenvalue weighted by Crippen LogP contribution is 2.30. The van der Waals surface area contributed by atoms with Gasteiger partial charge < -0.3 is 16.0 Å². The molecule has 6 nitrogen and oxygen atoms in total. The largest absolute Gasteiger partial charge is 0.324 e. The third kappa shape index (κ3) is 8.19. The zero-order valence-electron chi connectivity index (χ0n) is 20.8. The number of anilines is 2. The smallest absolute Gasteiger partial charge is 0.272 e. The lowest BCUT2D eigenvalue weighted by Gasteiger charge is -2.12. The van der Waals surface area contributed by atoms with Gasteiger partial charge in [0, 0.05) is 16.1 Å². The summed E-state index contributed by atoms with van der Waals surface area (Å²) < 4.78 is 13.4. The van der Waals surface area contributed by atoms with Crippen LogP contribution in [-0.4, -0.2) is 23.5 Å². The first kappa shape index (κ1) is 28.9. The Morgan fingerprint density at radius 3 is 2.30 bits per heavy atom. The summed E-state index contributed by atoms with van der Waals surface area (Å²) in [6.45, 7) is 0. The Bertz CT molecular complexity index is 1560. The molecule has 0 heterocycles. The van der Waals surface area contributed by atoms with Crippen LogP contribution < -0.4 is 16.0 Å². The Morgan fingerprint density at radius 1 is 0.825 bits per heavy atom. The van der Waals surface area contributed by atoms with Crippen molar-refractivity contribution in [1.29, 1.82) is 0 Å². The zero-order valence-corrected chi connectivity index (χ0v) is 23.1. The number of amides is 3. The van der Waals surface area contributed by atoms with Crippen LogP contribution >= 0.6 is 35.0 Å². The summed E-state index contributed by atoms with van der Waals surface area (Å²) in [5, 5.41) is 8.73. The molecule has 0 aliphatic heterocycles. The van der Waals surface area contributed by atoms with Crippen molar-refractivity contribution in [1.82, 2.24) is 5.32 Å². The van der Waals surface area contributed by atoms with E-state index in [-0.39, 0.29) is 22.4 Å². The van der Waals surface area contributed by atoms with E-state index in [1.165, 1.54) is 42.1 Å². The molecule has 0 radical (unpaired) electrons. The van der Waals surface area contributed by atoms with Gasteiger partial charge in [-0.05, 0) is 66.2 Å². The van der Waals surface area contributed by atoms with Gasteiger partial charge in [-0.1, -0.05) is 65.7 Å². The van der Waals surface area contributed by atoms with E-state index in [0.717, 1.165) is 4.90 Å². The summed E-state index contributed by atoms with van der Waals surface area (Å²) >= 11 is 13.4. The molecular weight excluding hydrogens is 572 g/mol. The van der Waals surface area contributed by atoms with E-state index in [2.05, 4.69) is 16.0 Å². The fourth-order valence-corrected chi connectivity index (χ4v) is 4.57. The van der Waals surface area contributed by atoms with Crippen molar-refractivity contribution in [3.05, 3.63) is 130 Å². The van der Waals surface area contributed by atoms with Crippen LogP contribution in [0.4, 0.5) is 15.8 Å². The number of nitrogens with one attached hydrogen (secondary N) is 3. The van der Waals surface area contributed by atoms with Crippen molar-refractivity contribution >= 4 is 70.1 Å². The van der Waals surface area contributed by atoms with Crippen LogP contribution in [0.15, 0.2) is 108 Å². The SMILES string of the molecule is O=C(CSc1cccc(NC(=O)/C(=C\c2ccc(F)cc2)NC(=O)c2ccccc2)c1)Nc1cccc(Cl)c1Cl. The number of thioether (sulfide) groups is 1. The molecular formula is C30H22Cl2FN3O3S. The third-order valence-electron chi connectivity index (χ3n) is 5.40. The number of carbonyl (C=O) groups excluding carboxylic acids is 3. The van der Waals surface area contributed by atoms with E-state index in [1.807, 2.05) is 0 Å². The topological polar surface area (TPSA) is 87.3 Å². The van der Waals surface area contributed by atoms with Crippen LogP contribution in [0.2, 0.25) is 10.0 Å². The lowest BCUT2D eigenvalue weighted by atomic mass is 10.1. The number of hydrogen-bond acceptors (Lipinski definition) is 4. The first-order valence-corrected chi connectivity index (χ1v) is 13.6. The Balaban J connectivity index is 1.45. The fourth-order valence-electron chi connectivity index (χ4n) is 3.47. The van der Waals surface area contributed by atoms with Gasteiger partial charge in [-0.2, -0.15) is 0 Å². The molecule has 0 spiro atoms. The predicted octanol–water partition coefficient (Wildman–Crippen LogP) is 7.27. The van der Waals surface area contributed by atoms with Crippen molar-refractivity contribution in [3.63, 3.8) is 0 Å². The monoisotopic (exact) mass is 593 g/mol. The van der Waals surface area contributed by atoms with Crippen LogP contribution in [0.25, 0.3) is 6.08 Å². The molecule has 0 unspecified atom stereocenters. The van der Waals surface area contributed by atoms with Crippen LogP contribution in [-0.2, 0) is 9.59 Å². The number of rotatable bonds is 9. The lowest BCUT2D eigenvalue weighted by molar-refractivity contribution is -0.114. The van der Waals surface area contributed by atoms with Crippen molar-refractivity contribution in [2.75, 3.05) is 16.4 Å². The first-order chi connectivity index (χ1) is 19.3. The molecule has 0 fully saturated rings. The van der Waals surface area contributed by atoms with E-state index in [4.69, 9.17) is 23.2 Å². The molecule has 0 saturated heterocycles. The molecule has 3 amide bonds. The van der Waals surface area contributed by atoms with Crippen LogP contribution in [0.5, 0.6) is 0 Å². The molecule has 4 aromatic carbocycles. The second-order valence-corrected chi connectivity index (χ2v) is 10.2. The summed E-state index contributed by atoms with van der Waals surface area (Å²) in [5.74, 6) is -1.67. The highest BCUT2D eigenvalue weighted by Gasteiger charge is 2.16. The molecule has 10 heteroatoms. The Labute approximate surface area is 244 Å². The third-order valence-corrected chi connectivity index (χ3v) is 7.21. The second kappa shape index (κ2) is 13.8. The van der Waals surface area contributed by atoms with Crippen molar-refractivity contribution in [2.24, 2.45) is 0 Å². The molecule has 4 rings (SSSR count). The standard InChI is InChI=1S/C30H22Cl2FN3O3S/c31-24-10-5-11-25(28(24)32)35-27(37)18-40-23-9-4-8-22(17-23)34-30(39)26(16-19-12-14-21(33)15-13-19)36-29(38)20-6-2-1-3-7-20/h1-17H,18H2,(H,34,39)(H,35,37)(H,36,38)/b26-16+. The van der Waals surface area contributed by atoms with Gasteiger partial charge in [0.1, 0.15) is 11.5 Å². The summed E-state index contributed by atoms with van der Waals surface area (Å²) in [6.07, 6.45) is 1.46. The van der Waals surface area contributed by atoms with E-state index in [1.54, 1.807) is 72.8 Å². The average molecular weight is 594 g/mol. The lowest BCUT2D eigenvalue weighted by Crippen LogP contribution is -2.30. The normalized spacial score (nSPS) is 11.0. The van der Waals surface area contributed by atoms with E-state index < -0.39 is 17.6 Å². The zero-order chi connectivity index (χ0) is 28.5. The maximum Gasteiger partial charge on any atom is 0.272 e. The second-order valence-electron chi connectivity index (χ2n) is 8.35. The minimum absolute atomic E-state index is 0.0312. The summed E-state index contributed by atoms with van der Waals surface area (Å²) in [5.41, 5.74) is 1.73. The first-order valence-electron chi connectivity index (χ1n) is 11.9. The Kier molecular flexibility index (Phi) is 9.96. The molecule has 0 aliphatic rings. The molecule has 40 heavy (non-hydrogen) atoms. The van der Waals surface area contributed by atoms with Crippen molar-refractivity contribution < 1.29 is 18.8 Å². The van der Waals surface area contributed by atoms with Gasteiger partial charge in [0.05, 0.1) is 21.5 Å². The fraction of sp³-hybridized carbons (Fsp3) is 0.0333. The van der Waals surface area contributed by atoms with Gasteiger partial charge in [-0.15, -0.1) is 11.8 Å². The van der Waals surface area contributed by atoms with Gasteiger partial charge >= 0.3 is 0 Å². The number of carbonyl (C=O) groups is 3. The van der Waals surface area contributed by atoms with E-state index >= 15 is 0 Å². The highest BCUT2D eigenvalue weighted by atomic mass is 35.5. The number of benzene rings is 4. The summed E-state index contributed by atoms with van der Waals surface area (Å²) in [7, 11) is 0. The van der Waals surface area contributed by atoms with Crippen LogP contribution in [0.3, 0.4) is 0 Å². The summed E-state index contributed by atoms with van der Waals surface area (Å²) in [4.78, 5) is 39.2. The quantitative estimate of drug-likeness (QED) is 0.141. The molecule has 0 bridgehead atoms. The molecule has 0 atom stereocenters. The van der Waals surface area contributed by atoms with E-state index in [9.17, 15) is 18.8 Å². The minimum Gasteiger partial charge on any atom is -0.324 e. The number of halogens is 3. The number of hydrogen-bond donors (Lipinski definition) is 3. The molecule has 202 valence electrons. The van der Waals surface area contributed by atoms with Crippen LogP contribution in [0.1, 0.15) is 15.9 Å². The van der Waals surface area contributed by atoms with Gasteiger partial charge in [-0.25, -0.2) is 4.39 Å². The average Bonchev–Trinajstić information content (AvgIpc) is 2.96. The molecule has 0 aromatic heterocycles. The molecule has 3 N–H and O–H groups in total. The predicted molar refractivity (Wildman–Crippen MR) is 159 cm³/mol. The van der Waals surface area contributed by atoms with Crippen LogP contribution in [0, 0.1) is 5.82 Å². The molecule has 4 aromatic rings. The van der Waals surface area contributed by atoms with Gasteiger partial charge in [-0.3, -0.25) is 14.4 Å². The van der Waals surface area contributed by atoms with E-state index in [0.29, 0.717) is 27.5 Å². The minimum atomic E-state index is -0.580. The van der Waals surface area contributed by atoms with Gasteiger partial charge in [0.25, 0.3) is 11.8 Å². The highest BCUT2D eigenvalue weighted by molar-refractivity contribution is 8.00. The molecule has 0 aliphatic carbocycles. The Hall–Kier alpha value is -4.11. The van der Waals surface area contributed by atoms with Gasteiger partial charge in [0.15, 0.2) is 0 Å². The van der Waals surface area contributed by atoms with Gasteiger partial charge in [0.2, 0.25) is 5.91 Å². The van der Waals surface area contributed by atoms with Crippen molar-refractivity contribution in [2.45, 2.75) is 4.90 Å². The Morgan fingerprint density at radius 2 is 1.55 bits per heavy atom. The van der Waals surface area contributed by atoms with Crippen molar-refractivity contribution in [3.8, 4) is 0 Å².